The highest BCUT2D eigenvalue weighted by Gasteiger charge is 2.28. The molecule has 0 aromatic rings. The summed E-state index contributed by atoms with van der Waals surface area (Å²) in [4.78, 5) is 23.3. The molecular formula is C62H128N2O6P+. The molecule has 0 radical (unpaired) electrons. The Morgan fingerprint density at radius 3 is 0.944 bits per heavy atom. The summed E-state index contributed by atoms with van der Waals surface area (Å²) in [5.41, 5.74) is 0. The molecule has 71 heavy (non-hydrogen) atoms. The number of rotatable bonds is 60. The van der Waals surface area contributed by atoms with Gasteiger partial charge in [-0.1, -0.05) is 322 Å². The van der Waals surface area contributed by atoms with Gasteiger partial charge >= 0.3 is 7.82 Å². The predicted octanol–water partition coefficient (Wildman–Crippen LogP) is 19.6. The first kappa shape index (κ1) is 70.5. The lowest BCUT2D eigenvalue weighted by molar-refractivity contribution is -0.870. The summed E-state index contributed by atoms with van der Waals surface area (Å²) in [7, 11) is 1.64. The van der Waals surface area contributed by atoms with Crippen molar-refractivity contribution in [3.05, 3.63) is 0 Å². The molecule has 0 saturated carbocycles. The molecule has 0 aromatic heterocycles. The molecular weight excluding hydrogens is 900 g/mol. The van der Waals surface area contributed by atoms with Crippen LogP contribution in [0.2, 0.25) is 0 Å². The number of quaternary nitrogens is 1. The van der Waals surface area contributed by atoms with E-state index in [1.165, 1.54) is 276 Å². The van der Waals surface area contributed by atoms with Crippen LogP contribution in [0.3, 0.4) is 0 Å². The van der Waals surface area contributed by atoms with Crippen molar-refractivity contribution in [1.29, 1.82) is 0 Å². The summed E-state index contributed by atoms with van der Waals surface area (Å²) in [5, 5.41) is 14.0. The van der Waals surface area contributed by atoms with E-state index in [9.17, 15) is 19.4 Å². The van der Waals surface area contributed by atoms with Crippen molar-refractivity contribution in [3.63, 3.8) is 0 Å². The van der Waals surface area contributed by atoms with E-state index in [-0.39, 0.29) is 19.1 Å². The van der Waals surface area contributed by atoms with Crippen molar-refractivity contribution in [2.75, 3.05) is 40.9 Å². The van der Waals surface area contributed by atoms with Gasteiger partial charge in [-0.15, -0.1) is 0 Å². The smallest absolute Gasteiger partial charge is 0.391 e. The Kier molecular flexibility index (Phi) is 53.9. The lowest BCUT2D eigenvalue weighted by Gasteiger charge is -2.26. The molecule has 9 heteroatoms. The highest BCUT2D eigenvalue weighted by atomic mass is 31.2. The molecule has 0 bridgehead atoms. The fourth-order valence-electron chi connectivity index (χ4n) is 10.1. The summed E-state index contributed by atoms with van der Waals surface area (Å²) in [6.45, 7) is 4.94. The van der Waals surface area contributed by atoms with Crippen LogP contribution in [0.25, 0.3) is 0 Å². The number of unbranched alkanes of at least 4 members (excludes halogenated alkanes) is 47. The minimum Gasteiger partial charge on any atom is -0.391 e. The molecule has 8 nitrogen and oxygen atoms in total. The average molecular weight is 1030 g/mol. The zero-order valence-electron chi connectivity index (χ0n) is 48.8. The van der Waals surface area contributed by atoms with E-state index < -0.39 is 20.0 Å². The number of likely N-dealkylation sites (N-methyl/N-ethyl adjacent to an activating group) is 1. The van der Waals surface area contributed by atoms with Crippen LogP contribution < -0.4 is 5.32 Å². The number of hydrogen-bond acceptors (Lipinski definition) is 5. The third-order valence-electron chi connectivity index (χ3n) is 15.1. The number of phosphoric ester groups is 1. The van der Waals surface area contributed by atoms with Gasteiger partial charge in [0.15, 0.2) is 0 Å². The summed E-state index contributed by atoms with van der Waals surface area (Å²) >= 11 is 0. The molecule has 0 fully saturated rings. The van der Waals surface area contributed by atoms with E-state index in [2.05, 4.69) is 19.2 Å². The maximum atomic E-state index is 13.0. The maximum absolute atomic E-state index is 13.0. The van der Waals surface area contributed by atoms with Gasteiger partial charge in [0.25, 0.3) is 0 Å². The summed E-state index contributed by atoms with van der Waals surface area (Å²) in [5.74, 6) is -0.136. The first-order chi connectivity index (χ1) is 34.5. The molecule has 426 valence electrons. The highest BCUT2D eigenvalue weighted by molar-refractivity contribution is 7.47. The molecule has 1 amide bonds. The predicted molar refractivity (Wildman–Crippen MR) is 309 cm³/mol. The van der Waals surface area contributed by atoms with Crippen molar-refractivity contribution in [3.8, 4) is 0 Å². The Morgan fingerprint density at radius 2 is 0.676 bits per heavy atom. The SMILES string of the molecule is CCCCCCCCCCCCCCCCCCCCCCCCCCCCCCCCCCCCCCC(=O)N[C@@H](COP(=O)(O)OCC[N+](C)(C)C)[C@H](O)CCCCCCCCCCCCCCC. The maximum Gasteiger partial charge on any atom is 0.472 e. The average Bonchev–Trinajstić information content (AvgIpc) is 3.33. The molecule has 3 N–H and O–H groups in total. The molecule has 0 aliphatic rings. The van der Waals surface area contributed by atoms with Crippen LogP contribution in [-0.4, -0.2) is 73.4 Å². The van der Waals surface area contributed by atoms with Gasteiger partial charge in [-0.05, 0) is 12.8 Å². The monoisotopic (exact) mass is 1030 g/mol. The van der Waals surface area contributed by atoms with E-state index in [4.69, 9.17) is 9.05 Å². The third-order valence-corrected chi connectivity index (χ3v) is 16.1. The van der Waals surface area contributed by atoms with Gasteiger partial charge in [0.2, 0.25) is 5.91 Å². The molecule has 3 atom stereocenters. The number of aliphatic hydroxyl groups excluding tert-OH is 1. The van der Waals surface area contributed by atoms with Crippen LogP contribution in [0.15, 0.2) is 0 Å². The molecule has 0 heterocycles. The number of aliphatic hydroxyl groups is 1. The van der Waals surface area contributed by atoms with Gasteiger partial charge < -0.3 is 19.8 Å². The minimum atomic E-state index is -4.32. The summed E-state index contributed by atoms with van der Waals surface area (Å²) in [6.07, 6.45) is 66.3. The second-order valence-electron chi connectivity index (χ2n) is 23.5. The van der Waals surface area contributed by atoms with E-state index >= 15 is 0 Å². The van der Waals surface area contributed by atoms with Crippen molar-refractivity contribution < 1.29 is 32.9 Å². The lowest BCUT2D eigenvalue weighted by atomic mass is 10.0. The van der Waals surface area contributed by atoms with Crippen LogP contribution in [0, 0.1) is 0 Å². The van der Waals surface area contributed by atoms with Gasteiger partial charge in [0, 0.05) is 6.42 Å². The number of amides is 1. The van der Waals surface area contributed by atoms with Crippen LogP contribution in [0.5, 0.6) is 0 Å². The van der Waals surface area contributed by atoms with Crippen molar-refractivity contribution in [2.24, 2.45) is 0 Å². The Balaban J connectivity index is 3.84. The van der Waals surface area contributed by atoms with Gasteiger partial charge in [-0.2, -0.15) is 0 Å². The molecule has 1 unspecified atom stereocenters. The first-order valence-corrected chi connectivity index (χ1v) is 33.4. The Labute approximate surface area is 444 Å². The fourth-order valence-corrected chi connectivity index (χ4v) is 10.8. The lowest BCUT2D eigenvalue weighted by Crippen LogP contribution is -2.46. The van der Waals surface area contributed by atoms with Crippen molar-refractivity contribution in [1.82, 2.24) is 5.32 Å². The molecule has 0 spiro atoms. The van der Waals surface area contributed by atoms with E-state index in [1.54, 1.807) is 0 Å². The summed E-state index contributed by atoms with van der Waals surface area (Å²) < 4.78 is 23.8. The van der Waals surface area contributed by atoms with E-state index in [0.29, 0.717) is 23.9 Å². The minimum absolute atomic E-state index is 0.0789. The fraction of sp³-hybridized carbons (Fsp3) is 0.984. The number of hydrogen-bond donors (Lipinski definition) is 3. The van der Waals surface area contributed by atoms with Crippen LogP contribution >= 0.6 is 7.82 Å². The molecule has 0 aromatic carbocycles. The van der Waals surface area contributed by atoms with Crippen LogP contribution in [-0.2, 0) is 18.4 Å². The van der Waals surface area contributed by atoms with Gasteiger partial charge in [0.05, 0.1) is 39.9 Å². The Hall–Kier alpha value is -0.500. The zero-order valence-corrected chi connectivity index (χ0v) is 49.7. The molecule has 0 rings (SSSR count). The van der Waals surface area contributed by atoms with Crippen molar-refractivity contribution in [2.45, 2.75) is 353 Å². The number of nitrogens with one attached hydrogen (secondary N) is 1. The van der Waals surface area contributed by atoms with Crippen LogP contribution in [0.1, 0.15) is 341 Å². The summed E-state index contributed by atoms with van der Waals surface area (Å²) in [6, 6.07) is -0.754. The van der Waals surface area contributed by atoms with Gasteiger partial charge in [0.1, 0.15) is 13.2 Å². The van der Waals surface area contributed by atoms with E-state index in [0.717, 1.165) is 38.5 Å². The zero-order chi connectivity index (χ0) is 52.0. The quantitative estimate of drug-likeness (QED) is 0.0318. The molecule has 0 aliphatic heterocycles. The second-order valence-corrected chi connectivity index (χ2v) is 25.0. The topological polar surface area (TPSA) is 105 Å². The normalized spacial score (nSPS) is 13.7. The highest BCUT2D eigenvalue weighted by Crippen LogP contribution is 2.43. The number of nitrogens with zero attached hydrogens (tertiary/aromatic N) is 1. The van der Waals surface area contributed by atoms with Gasteiger partial charge in [-0.25, -0.2) is 4.57 Å². The number of phosphoric acid groups is 1. The number of carbonyl (C=O) groups is 1. The molecule has 0 saturated heterocycles. The Bertz CT molecular complexity index is 1120. The third kappa shape index (κ3) is 57.1. The van der Waals surface area contributed by atoms with Crippen molar-refractivity contribution >= 4 is 13.7 Å². The number of carbonyl (C=O) groups excluding carboxylic acids is 1. The standard InChI is InChI=1S/C62H127N2O6P/c1-6-8-10-12-14-16-18-20-21-22-23-24-25-26-27-28-29-30-31-32-33-34-35-36-37-38-39-40-41-42-44-46-48-50-52-54-56-62(66)63-60(59-70-71(67,68)69-58-57-64(3,4)5)61(65)55-53-51-49-47-45-43-19-17-15-13-11-9-7-2/h60-61,65H,6-59H2,1-5H3,(H-,63,66,67,68)/p+1/t60-,61+/m0/s1. The second kappa shape index (κ2) is 54.3. The largest absolute Gasteiger partial charge is 0.472 e. The van der Waals surface area contributed by atoms with Crippen LogP contribution in [0.4, 0.5) is 0 Å². The first-order valence-electron chi connectivity index (χ1n) is 31.9. The molecule has 0 aliphatic carbocycles. The van der Waals surface area contributed by atoms with Gasteiger partial charge in [-0.3, -0.25) is 13.8 Å². The Morgan fingerprint density at radius 1 is 0.423 bits per heavy atom. The van der Waals surface area contributed by atoms with E-state index in [1.807, 2.05) is 21.1 Å².